The van der Waals surface area contributed by atoms with Crippen LogP contribution in [0.15, 0.2) is 0 Å². The van der Waals surface area contributed by atoms with Crippen LogP contribution in [0.2, 0.25) is 0 Å². The van der Waals surface area contributed by atoms with Crippen molar-refractivity contribution in [2.45, 2.75) is 74.1 Å². The maximum atomic E-state index is 6.27. The summed E-state index contributed by atoms with van der Waals surface area (Å²) in [5, 5.41) is 0. The van der Waals surface area contributed by atoms with E-state index in [0.717, 1.165) is 0 Å². The Kier molecular flexibility index (Phi) is 11.4. The number of hydrogen-bond donors (Lipinski definition) is 0. The quantitative estimate of drug-likeness (QED) is 0.195. The van der Waals surface area contributed by atoms with Crippen molar-refractivity contribution >= 4 is 83.3 Å². The molecule has 0 heterocycles. The molecule has 0 aromatic heterocycles. The van der Waals surface area contributed by atoms with E-state index in [2.05, 4.69) is 0 Å². The van der Waals surface area contributed by atoms with Crippen molar-refractivity contribution in [1.82, 2.24) is 0 Å². The standard InChI is InChI=1S/C12H24BCl6O3P/c1-7(2)20-23(21-8(3)4,22-9(5)6)13(10(14)15,11(16)17)12(18)19/h7-12H,1-6H3. The number of hydrogen-bond acceptors (Lipinski definition) is 3. The lowest BCUT2D eigenvalue weighted by molar-refractivity contribution is 0.0842. The second-order valence-corrected chi connectivity index (χ2v) is 12.1. The molecule has 0 amide bonds. The molecular formula is C12H24BCl6O3P. The molecule has 140 valence electrons. The number of rotatable bonds is 10. The highest BCUT2D eigenvalue weighted by atomic mass is 35.5. The minimum absolute atomic E-state index is 0.270. The molecule has 0 aliphatic heterocycles. The van der Waals surface area contributed by atoms with Crippen LogP contribution in [0.5, 0.6) is 0 Å². The Morgan fingerprint density at radius 3 is 0.913 bits per heavy atom. The lowest BCUT2D eigenvalue weighted by Crippen LogP contribution is -2.59. The second-order valence-electron chi connectivity index (χ2n) is 6.03. The third kappa shape index (κ3) is 6.06. The van der Waals surface area contributed by atoms with Gasteiger partial charge in [0, 0.05) is 14.2 Å². The third-order valence-corrected chi connectivity index (χ3v) is 10.5. The van der Waals surface area contributed by atoms with Crippen LogP contribution in [0.25, 0.3) is 0 Å². The van der Waals surface area contributed by atoms with E-state index in [1.165, 1.54) is 0 Å². The van der Waals surface area contributed by atoms with Crippen LogP contribution in [-0.2, 0) is 13.6 Å². The summed E-state index contributed by atoms with van der Waals surface area (Å²) < 4.78 is 14.9. The van der Waals surface area contributed by atoms with Gasteiger partial charge in [0.2, 0.25) is 7.82 Å². The summed E-state index contributed by atoms with van der Waals surface area (Å²) in [7, 11) is -3.30. The zero-order valence-corrected chi connectivity index (χ0v) is 19.4. The maximum Gasteiger partial charge on any atom is 0.355 e. The van der Waals surface area contributed by atoms with Crippen LogP contribution in [0, 0.1) is 0 Å². The van der Waals surface area contributed by atoms with Crippen molar-refractivity contribution in [3.05, 3.63) is 0 Å². The summed E-state index contributed by atoms with van der Waals surface area (Å²) in [5.41, 5.74) is 0. The van der Waals surface area contributed by atoms with E-state index in [9.17, 15) is 0 Å². The Morgan fingerprint density at radius 2 is 0.783 bits per heavy atom. The first kappa shape index (κ1) is 25.1. The summed E-state index contributed by atoms with van der Waals surface area (Å²) >= 11 is 37.6. The fourth-order valence-electron chi connectivity index (χ4n) is 2.02. The van der Waals surface area contributed by atoms with E-state index in [-0.39, 0.29) is 18.3 Å². The van der Waals surface area contributed by atoms with Crippen LogP contribution in [-0.4, -0.2) is 38.4 Å². The molecule has 0 fully saturated rings. The Hall–Kier alpha value is 2.11. The van der Waals surface area contributed by atoms with Crippen molar-refractivity contribution in [1.29, 1.82) is 0 Å². The molecule has 11 heteroatoms. The van der Waals surface area contributed by atoms with Crippen molar-refractivity contribution in [3.63, 3.8) is 0 Å². The molecule has 0 saturated heterocycles. The highest BCUT2D eigenvalue weighted by molar-refractivity contribution is 8.01. The highest BCUT2D eigenvalue weighted by Gasteiger charge is 2.72. The average Bonchev–Trinajstić information content (AvgIpc) is 2.23. The second kappa shape index (κ2) is 10.4. The van der Waals surface area contributed by atoms with E-state index >= 15 is 0 Å². The van der Waals surface area contributed by atoms with E-state index < -0.39 is 27.9 Å². The lowest BCUT2D eigenvalue weighted by atomic mass is 9.52. The molecule has 0 saturated carbocycles. The molecule has 0 radical (unpaired) electrons. The predicted octanol–water partition coefficient (Wildman–Crippen LogP) is 7.00. The highest BCUT2D eigenvalue weighted by Crippen LogP contribution is 2.76. The molecule has 23 heavy (non-hydrogen) atoms. The van der Waals surface area contributed by atoms with Gasteiger partial charge in [-0.15, -0.1) is 69.6 Å². The topological polar surface area (TPSA) is 27.7 Å². The lowest BCUT2D eigenvalue weighted by Gasteiger charge is -2.48. The molecule has 0 aromatic carbocycles. The normalized spacial score (nSPS) is 14.3. The molecule has 0 unspecified atom stereocenters. The Bertz CT molecular complexity index is 309. The fraction of sp³-hybridized carbons (Fsp3) is 1.00. The molecule has 0 rings (SSSR count). The molecule has 0 atom stereocenters. The van der Waals surface area contributed by atoms with Crippen molar-refractivity contribution in [3.8, 4) is 0 Å². The summed E-state index contributed by atoms with van der Waals surface area (Å²) in [6, 6.07) is 0. The van der Waals surface area contributed by atoms with Crippen LogP contribution in [0.3, 0.4) is 0 Å². The zero-order chi connectivity index (χ0) is 18.6. The van der Waals surface area contributed by atoms with Gasteiger partial charge in [0.15, 0.2) is 0 Å². The van der Waals surface area contributed by atoms with Gasteiger partial charge in [0.05, 0.1) is 18.3 Å². The first-order chi connectivity index (χ1) is 10.3. The Balaban J connectivity index is 6.48. The average molecular weight is 471 g/mol. The maximum absolute atomic E-state index is 6.27. The fourth-order valence-corrected chi connectivity index (χ4v) is 10.5. The molecular weight excluding hydrogens is 447 g/mol. The smallest absolute Gasteiger partial charge is 0.222 e. The van der Waals surface area contributed by atoms with Gasteiger partial charge in [-0.2, -0.15) is 0 Å². The van der Waals surface area contributed by atoms with Crippen LogP contribution >= 0.6 is 77.4 Å². The number of alkyl halides is 6. The molecule has 0 N–H and O–H groups in total. The van der Waals surface area contributed by atoms with Gasteiger partial charge < -0.3 is 0 Å². The van der Waals surface area contributed by atoms with Crippen LogP contribution in [0.1, 0.15) is 41.5 Å². The van der Waals surface area contributed by atoms with Crippen molar-refractivity contribution < 1.29 is 13.6 Å². The van der Waals surface area contributed by atoms with Gasteiger partial charge in [-0.1, -0.05) is 0 Å². The Morgan fingerprint density at radius 1 is 0.565 bits per heavy atom. The summed E-state index contributed by atoms with van der Waals surface area (Å²) in [6.45, 7) is 11.0. The molecule has 0 bridgehead atoms. The first-order valence-corrected chi connectivity index (χ1v) is 11.5. The minimum atomic E-state index is -3.30. The first-order valence-electron chi connectivity index (χ1n) is 7.29. The van der Waals surface area contributed by atoms with Crippen LogP contribution in [0.4, 0.5) is 0 Å². The SMILES string of the molecule is CC(C)O[P+](OC(C)C)(OC(C)C)[B-](C(Cl)Cl)(C(Cl)Cl)C(Cl)Cl. The molecule has 3 nitrogen and oxygen atoms in total. The van der Waals surface area contributed by atoms with Crippen LogP contribution < -0.4 is 0 Å². The van der Waals surface area contributed by atoms with Crippen molar-refractivity contribution in [2.75, 3.05) is 0 Å². The van der Waals surface area contributed by atoms with Gasteiger partial charge in [0.25, 0.3) is 0 Å². The summed E-state index contributed by atoms with van der Waals surface area (Å²) in [5.74, 6) is -2.41. The molecule has 0 aliphatic rings. The van der Waals surface area contributed by atoms with E-state index in [1.807, 2.05) is 41.5 Å². The van der Waals surface area contributed by atoms with Crippen molar-refractivity contribution in [2.24, 2.45) is 0 Å². The molecule has 0 spiro atoms. The van der Waals surface area contributed by atoms with E-state index in [1.54, 1.807) is 0 Å². The van der Waals surface area contributed by atoms with Gasteiger partial charge in [-0.3, -0.25) is 0 Å². The van der Waals surface area contributed by atoms with Gasteiger partial charge in [0.1, 0.15) is 0 Å². The zero-order valence-electron chi connectivity index (χ0n) is 14.0. The molecule has 0 aliphatic carbocycles. The van der Waals surface area contributed by atoms with E-state index in [0.29, 0.717) is 0 Å². The predicted molar refractivity (Wildman–Crippen MR) is 108 cm³/mol. The van der Waals surface area contributed by atoms with E-state index in [4.69, 9.17) is 83.2 Å². The monoisotopic (exact) mass is 468 g/mol. The molecule has 0 aromatic rings. The van der Waals surface area contributed by atoms with Gasteiger partial charge in [-0.05, 0) is 41.5 Å². The third-order valence-electron chi connectivity index (χ3n) is 2.83. The summed E-state index contributed by atoms with van der Waals surface area (Å²) in [4.78, 5) is 0. The van der Waals surface area contributed by atoms with Gasteiger partial charge in [-0.25, -0.2) is 13.6 Å². The Labute approximate surface area is 170 Å². The number of halogens is 6. The summed E-state index contributed by atoms with van der Waals surface area (Å²) in [6.07, 6.45) is -0.810. The largest absolute Gasteiger partial charge is 0.355 e. The van der Waals surface area contributed by atoms with Gasteiger partial charge >= 0.3 is 5.87 Å². The minimum Gasteiger partial charge on any atom is -0.222 e.